The molecule has 3 rings (SSSR count). The SMILES string of the molecule is COc1ccccc1C(NC(=O)C[C@@H]1CCC[C@H]1N)c1ccccc1Cl.Cl. The van der Waals surface area contributed by atoms with Crippen LogP contribution in [0.4, 0.5) is 0 Å². The lowest BCUT2D eigenvalue weighted by molar-refractivity contribution is -0.122. The van der Waals surface area contributed by atoms with Crippen molar-refractivity contribution < 1.29 is 9.53 Å². The highest BCUT2D eigenvalue weighted by Gasteiger charge is 2.28. The zero-order valence-corrected chi connectivity index (χ0v) is 16.9. The van der Waals surface area contributed by atoms with Crippen molar-refractivity contribution in [2.45, 2.75) is 37.8 Å². The number of benzene rings is 2. The minimum Gasteiger partial charge on any atom is -0.496 e. The number of carbonyl (C=O) groups is 1. The lowest BCUT2D eigenvalue weighted by Crippen LogP contribution is -2.34. The van der Waals surface area contributed by atoms with Crippen LogP contribution in [0.25, 0.3) is 0 Å². The van der Waals surface area contributed by atoms with Gasteiger partial charge in [0, 0.05) is 23.0 Å². The molecule has 6 heteroatoms. The highest BCUT2D eigenvalue weighted by atomic mass is 35.5. The molecule has 2 aromatic carbocycles. The molecule has 27 heavy (non-hydrogen) atoms. The summed E-state index contributed by atoms with van der Waals surface area (Å²) in [5.41, 5.74) is 7.86. The summed E-state index contributed by atoms with van der Waals surface area (Å²) < 4.78 is 5.51. The summed E-state index contributed by atoms with van der Waals surface area (Å²) in [7, 11) is 1.63. The quantitative estimate of drug-likeness (QED) is 0.739. The van der Waals surface area contributed by atoms with Crippen LogP contribution >= 0.6 is 24.0 Å². The molecule has 0 radical (unpaired) electrons. The van der Waals surface area contributed by atoms with Crippen molar-refractivity contribution >= 4 is 29.9 Å². The van der Waals surface area contributed by atoms with E-state index < -0.39 is 0 Å². The molecule has 0 saturated heterocycles. The van der Waals surface area contributed by atoms with Crippen LogP contribution in [0.15, 0.2) is 48.5 Å². The van der Waals surface area contributed by atoms with Gasteiger partial charge in [-0.2, -0.15) is 0 Å². The van der Waals surface area contributed by atoms with Gasteiger partial charge in [-0.05, 0) is 36.5 Å². The molecule has 0 heterocycles. The number of nitrogens with one attached hydrogen (secondary N) is 1. The first-order valence-corrected chi connectivity index (χ1v) is 9.40. The van der Waals surface area contributed by atoms with Crippen LogP contribution in [-0.2, 0) is 4.79 Å². The molecule has 1 amide bonds. The minimum absolute atomic E-state index is 0. The van der Waals surface area contributed by atoms with E-state index in [1.54, 1.807) is 7.11 Å². The van der Waals surface area contributed by atoms with E-state index in [9.17, 15) is 4.79 Å². The highest BCUT2D eigenvalue weighted by Crippen LogP contribution is 2.34. The van der Waals surface area contributed by atoms with Crippen molar-refractivity contribution in [1.29, 1.82) is 0 Å². The lowest BCUT2D eigenvalue weighted by Gasteiger charge is -2.24. The molecular weight excluding hydrogens is 383 g/mol. The predicted octanol–water partition coefficient (Wildman–Crippen LogP) is 4.49. The van der Waals surface area contributed by atoms with Gasteiger partial charge in [-0.25, -0.2) is 0 Å². The second-order valence-electron chi connectivity index (χ2n) is 6.82. The van der Waals surface area contributed by atoms with Gasteiger partial charge < -0.3 is 15.8 Å². The van der Waals surface area contributed by atoms with Gasteiger partial charge in [-0.15, -0.1) is 12.4 Å². The Morgan fingerprint density at radius 2 is 1.85 bits per heavy atom. The first kappa shape index (κ1) is 21.5. The number of halogens is 2. The van der Waals surface area contributed by atoms with Crippen LogP contribution in [0.5, 0.6) is 5.75 Å². The van der Waals surface area contributed by atoms with Gasteiger partial charge in [-0.1, -0.05) is 54.4 Å². The first-order chi connectivity index (χ1) is 12.6. The molecule has 0 aromatic heterocycles. The van der Waals surface area contributed by atoms with Crippen LogP contribution < -0.4 is 15.8 Å². The molecule has 0 aliphatic heterocycles. The molecule has 3 N–H and O–H groups in total. The second-order valence-corrected chi connectivity index (χ2v) is 7.23. The molecule has 0 spiro atoms. The maximum atomic E-state index is 12.8. The van der Waals surface area contributed by atoms with Crippen LogP contribution in [0.1, 0.15) is 42.9 Å². The average Bonchev–Trinajstić information content (AvgIpc) is 3.05. The van der Waals surface area contributed by atoms with Crippen LogP contribution in [0, 0.1) is 5.92 Å². The normalized spacial score (nSPS) is 19.8. The van der Waals surface area contributed by atoms with Gasteiger partial charge in [0.2, 0.25) is 5.91 Å². The molecule has 3 atom stereocenters. The van der Waals surface area contributed by atoms with Gasteiger partial charge in [-0.3, -0.25) is 4.79 Å². The number of para-hydroxylation sites is 1. The molecule has 146 valence electrons. The molecule has 1 aliphatic rings. The molecule has 1 aliphatic carbocycles. The number of hydrogen-bond donors (Lipinski definition) is 2. The van der Waals surface area contributed by atoms with Crippen molar-refractivity contribution in [3.8, 4) is 5.75 Å². The summed E-state index contributed by atoms with van der Waals surface area (Å²) in [6.07, 6.45) is 3.55. The third-order valence-electron chi connectivity index (χ3n) is 5.14. The van der Waals surface area contributed by atoms with Gasteiger partial charge in [0.05, 0.1) is 13.2 Å². The molecule has 1 saturated carbocycles. The Morgan fingerprint density at radius 1 is 1.19 bits per heavy atom. The third kappa shape index (κ3) is 5.16. The van der Waals surface area contributed by atoms with Gasteiger partial charge >= 0.3 is 0 Å². The Kier molecular flexibility index (Phi) is 7.96. The Labute approximate surface area is 171 Å². The summed E-state index contributed by atoms with van der Waals surface area (Å²) >= 11 is 6.43. The largest absolute Gasteiger partial charge is 0.496 e. The van der Waals surface area contributed by atoms with E-state index in [2.05, 4.69) is 5.32 Å². The number of carbonyl (C=O) groups excluding carboxylic acids is 1. The Morgan fingerprint density at radius 3 is 2.48 bits per heavy atom. The fraction of sp³-hybridized carbons (Fsp3) is 0.381. The van der Waals surface area contributed by atoms with E-state index in [-0.39, 0.29) is 36.3 Å². The second kappa shape index (κ2) is 9.98. The fourth-order valence-electron chi connectivity index (χ4n) is 3.71. The smallest absolute Gasteiger partial charge is 0.221 e. The molecular formula is C21H26Cl2N2O2. The van der Waals surface area contributed by atoms with Crippen molar-refractivity contribution in [3.05, 3.63) is 64.7 Å². The number of nitrogens with two attached hydrogens (primary N) is 1. The molecule has 4 nitrogen and oxygen atoms in total. The molecule has 0 bridgehead atoms. The summed E-state index contributed by atoms with van der Waals surface area (Å²) in [5.74, 6) is 0.957. The number of amides is 1. The maximum Gasteiger partial charge on any atom is 0.221 e. The van der Waals surface area contributed by atoms with Gasteiger partial charge in [0.15, 0.2) is 0 Å². The van der Waals surface area contributed by atoms with Gasteiger partial charge in [0.25, 0.3) is 0 Å². The Hall–Kier alpha value is -1.75. The first-order valence-electron chi connectivity index (χ1n) is 9.02. The fourth-order valence-corrected chi connectivity index (χ4v) is 3.96. The summed E-state index contributed by atoms with van der Waals surface area (Å²) in [5, 5.41) is 3.77. The summed E-state index contributed by atoms with van der Waals surface area (Å²) in [6, 6.07) is 15.0. The maximum absolute atomic E-state index is 12.8. The van der Waals surface area contributed by atoms with Crippen LogP contribution in [0.2, 0.25) is 5.02 Å². The molecule has 2 aromatic rings. The van der Waals surface area contributed by atoms with Gasteiger partial charge in [0.1, 0.15) is 5.75 Å². The predicted molar refractivity (Wildman–Crippen MR) is 112 cm³/mol. The van der Waals surface area contributed by atoms with Crippen molar-refractivity contribution in [2.24, 2.45) is 11.7 Å². The van der Waals surface area contributed by atoms with E-state index in [1.807, 2.05) is 48.5 Å². The van der Waals surface area contributed by atoms with E-state index in [0.717, 1.165) is 36.1 Å². The zero-order valence-electron chi connectivity index (χ0n) is 15.4. The number of rotatable bonds is 6. The third-order valence-corrected chi connectivity index (χ3v) is 5.48. The summed E-state index contributed by atoms with van der Waals surface area (Å²) in [6.45, 7) is 0. The summed E-state index contributed by atoms with van der Waals surface area (Å²) in [4.78, 5) is 12.8. The molecule has 1 unspecified atom stereocenters. The van der Waals surface area contributed by atoms with Crippen molar-refractivity contribution in [2.75, 3.05) is 7.11 Å². The number of ether oxygens (including phenoxy) is 1. The Bertz CT molecular complexity index is 769. The van der Waals surface area contributed by atoms with Crippen molar-refractivity contribution in [1.82, 2.24) is 5.32 Å². The monoisotopic (exact) mass is 408 g/mol. The minimum atomic E-state index is -0.370. The van der Waals surface area contributed by atoms with E-state index >= 15 is 0 Å². The zero-order chi connectivity index (χ0) is 18.5. The average molecular weight is 409 g/mol. The topological polar surface area (TPSA) is 64.3 Å². The highest BCUT2D eigenvalue weighted by molar-refractivity contribution is 6.31. The van der Waals surface area contributed by atoms with E-state index in [4.69, 9.17) is 22.1 Å². The lowest BCUT2D eigenvalue weighted by atomic mass is 9.95. The Balaban J connectivity index is 0.00000261. The number of methoxy groups -OCH3 is 1. The van der Waals surface area contributed by atoms with Crippen LogP contribution in [-0.4, -0.2) is 19.1 Å². The van der Waals surface area contributed by atoms with Crippen LogP contribution in [0.3, 0.4) is 0 Å². The molecule has 1 fully saturated rings. The van der Waals surface area contributed by atoms with E-state index in [0.29, 0.717) is 11.4 Å². The number of hydrogen-bond acceptors (Lipinski definition) is 3. The van der Waals surface area contributed by atoms with Crippen molar-refractivity contribution in [3.63, 3.8) is 0 Å². The van der Waals surface area contributed by atoms with E-state index in [1.165, 1.54) is 0 Å². The standard InChI is InChI=1S/C21H25ClN2O2.ClH/c1-26-19-12-5-3-9-16(19)21(15-8-2-4-10-17(15)22)24-20(25)13-14-7-6-11-18(14)23;/h2-5,8-10,12,14,18,21H,6-7,11,13,23H2,1H3,(H,24,25);1H/t14-,18+,21?;/m0./s1.